The number of ether oxygens (including phenoxy) is 1. The van der Waals surface area contributed by atoms with E-state index in [-0.39, 0.29) is 0 Å². The molecule has 0 aliphatic carbocycles. The molecule has 21 heavy (non-hydrogen) atoms. The summed E-state index contributed by atoms with van der Waals surface area (Å²) >= 11 is 6.15. The lowest BCUT2D eigenvalue weighted by Gasteiger charge is -2.18. The van der Waals surface area contributed by atoms with E-state index in [4.69, 9.17) is 16.3 Å². The molecule has 1 aromatic heterocycles. The Bertz CT molecular complexity index is 583. The highest BCUT2D eigenvalue weighted by Crippen LogP contribution is 2.24. The summed E-state index contributed by atoms with van der Waals surface area (Å²) in [5.41, 5.74) is 2.35. The standard InChI is InChI=1S/C16H22ClN3O/c1-4-20-12-18-10-14(20)11-19(3)7-8-21-16-6-5-13(2)9-15(16)17/h5-6,9-10,12H,4,7-8,11H2,1-3H3. The van der Waals surface area contributed by atoms with E-state index in [1.54, 1.807) is 0 Å². The zero-order valence-electron chi connectivity index (χ0n) is 12.8. The van der Waals surface area contributed by atoms with Gasteiger partial charge in [-0.2, -0.15) is 0 Å². The van der Waals surface area contributed by atoms with E-state index in [0.717, 1.165) is 30.9 Å². The molecule has 2 aromatic rings. The van der Waals surface area contributed by atoms with Crippen LogP contribution in [0.3, 0.4) is 0 Å². The Hall–Kier alpha value is -1.52. The summed E-state index contributed by atoms with van der Waals surface area (Å²) in [4.78, 5) is 6.39. The van der Waals surface area contributed by atoms with Gasteiger partial charge >= 0.3 is 0 Å². The molecule has 1 heterocycles. The normalized spacial score (nSPS) is 11.1. The monoisotopic (exact) mass is 307 g/mol. The molecule has 0 bridgehead atoms. The topological polar surface area (TPSA) is 30.3 Å². The predicted molar refractivity (Wildman–Crippen MR) is 85.9 cm³/mol. The summed E-state index contributed by atoms with van der Waals surface area (Å²) in [7, 11) is 2.08. The van der Waals surface area contributed by atoms with E-state index < -0.39 is 0 Å². The average Bonchev–Trinajstić information content (AvgIpc) is 2.88. The van der Waals surface area contributed by atoms with E-state index in [0.29, 0.717) is 11.6 Å². The fourth-order valence-electron chi connectivity index (χ4n) is 2.15. The maximum Gasteiger partial charge on any atom is 0.137 e. The number of hydrogen-bond acceptors (Lipinski definition) is 3. The highest BCUT2D eigenvalue weighted by atomic mass is 35.5. The predicted octanol–water partition coefficient (Wildman–Crippen LogP) is 3.38. The van der Waals surface area contributed by atoms with Crippen molar-refractivity contribution in [1.82, 2.24) is 14.5 Å². The van der Waals surface area contributed by atoms with Crippen molar-refractivity contribution in [2.75, 3.05) is 20.2 Å². The van der Waals surface area contributed by atoms with E-state index in [2.05, 4.69) is 28.4 Å². The maximum absolute atomic E-state index is 6.15. The SMILES string of the molecule is CCn1cncc1CN(C)CCOc1ccc(C)cc1Cl. The summed E-state index contributed by atoms with van der Waals surface area (Å²) in [6.45, 7) is 7.38. The van der Waals surface area contributed by atoms with Crippen LogP contribution in [0.1, 0.15) is 18.2 Å². The number of aromatic nitrogens is 2. The first-order chi connectivity index (χ1) is 10.1. The third-order valence-corrected chi connectivity index (χ3v) is 3.68. The molecule has 0 aliphatic heterocycles. The Labute approximate surface area is 131 Å². The molecule has 1 aromatic carbocycles. The van der Waals surface area contributed by atoms with Gasteiger partial charge in [-0.15, -0.1) is 0 Å². The molecule has 0 radical (unpaired) electrons. The number of nitrogens with zero attached hydrogens (tertiary/aromatic N) is 3. The lowest BCUT2D eigenvalue weighted by Crippen LogP contribution is -2.25. The first-order valence-electron chi connectivity index (χ1n) is 7.16. The number of benzene rings is 1. The average molecular weight is 308 g/mol. The van der Waals surface area contributed by atoms with Crippen molar-refractivity contribution in [1.29, 1.82) is 0 Å². The van der Waals surface area contributed by atoms with Crippen LogP contribution in [0.2, 0.25) is 5.02 Å². The van der Waals surface area contributed by atoms with Gasteiger partial charge < -0.3 is 9.30 Å². The smallest absolute Gasteiger partial charge is 0.137 e. The van der Waals surface area contributed by atoms with Crippen molar-refractivity contribution < 1.29 is 4.74 Å². The molecular weight excluding hydrogens is 286 g/mol. The molecule has 0 saturated carbocycles. The first kappa shape index (κ1) is 15.9. The van der Waals surface area contributed by atoms with Crippen LogP contribution in [0.25, 0.3) is 0 Å². The number of hydrogen-bond donors (Lipinski definition) is 0. The zero-order valence-corrected chi connectivity index (χ0v) is 13.6. The maximum atomic E-state index is 6.15. The lowest BCUT2D eigenvalue weighted by molar-refractivity contribution is 0.230. The highest BCUT2D eigenvalue weighted by Gasteiger charge is 2.06. The van der Waals surface area contributed by atoms with Gasteiger partial charge in [-0.25, -0.2) is 4.98 Å². The van der Waals surface area contributed by atoms with Crippen LogP contribution >= 0.6 is 11.6 Å². The van der Waals surface area contributed by atoms with Crippen molar-refractivity contribution in [2.24, 2.45) is 0 Å². The van der Waals surface area contributed by atoms with E-state index in [1.165, 1.54) is 5.69 Å². The minimum atomic E-state index is 0.611. The Balaban J connectivity index is 1.80. The summed E-state index contributed by atoms with van der Waals surface area (Å²) < 4.78 is 7.89. The zero-order chi connectivity index (χ0) is 15.2. The molecule has 0 fully saturated rings. The van der Waals surface area contributed by atoms with Crippen molar-refractivity contribution in [3.05, 3.63) is 47.0 Å². The van der Waals surface area contributed by atoms with Gasteiger partial charge in [0.15, 0.2) is 0 Å². The molecule has 0 aliphatic rings. The van der Waals surface area contributed by atoms with E-state index in [9.17, 15) is 0 Å². The molecule has 0 amide bonds. The Morgan fingerprint density at radius 1 is 1.38 bits per heavy atom. The number of aryl methyl sites for hydroxylation is 2. The van der Waals surface area contributed by atoms with Gasteiger partial charge in [-0.1, -0.05) is 17.7 Å². The second-order valence-corrected chi connectivity index (χ2v) is 5.60. The summed E-state index contributed by atoms with van der Waals surface area (Å²) in [5, 5.41) is 0.668. The van der Waals surface area contributed by atoms with Crippen molar-refractivity contribution in [3.8, 4) is 5.75 Å². The first-order valence-corrected chi connectivity index (χ1v) is 7.54. The molecule has 2 rings (SSSR count). The highest BCUT2D eigenvalue weighted by molar-refractivity contribution is 6.32. The molecule has 0 N–H and O–H groups in total. The van der Waals surface area contributed by atoms with E-state index in [1.807, 2.05) is 37.6 Å². The Morgan fingerprint density at radius 3 is 2.90 bits per heavy atom. The fourth-order valence-corrected chi connectivity index (χ4v) is 2.44. The molecule has 0 atom stereocenters. The van der Waals surface area contributed by atoms with Crippen LogP contribution in [0.15, 0.2) is 30.7 Å². The van der Waals surface area contributed by atoms with Crippen LogP contribution in [0.4, 0.5) is 0 Å². The fraction of sp³-hybridized carbons (Fsp3) is 0.438. The van der Waals surface area contributed by atoms with Crippen LogP contribution in [-0.2, 0) is 13.1 Å². The molecule has 0 spiro atoms. The molecule has 114 valence electrons. The molecule has 4 nitrogen and oxygen atoms in total. The van der Waals surface area contributed by atoms with E-state index >= 15 is 0 Å². The molecular formula is C16H22ClN3O. The summed E-state index contributed by atoms with van der Waals surface area (Å²) in [6, 6.07) is 5.84. The second kappa shape index (κ2) is 7.48. The van der Waals surface area contributed by atoms with Gasteiger partial charge in [0, 0.05) is 25.8 Å². The van der Waals surface area contributed by atoms with Crippen LogP contribution in [0, 0.1) is 6.92 Å². The minimum absolute atomic E-state index is 0.611. The summed E-state index contributed by atoms with van der Waals surface area (Å²) in [6.07, 6.45) is 3.78. The molecule has 0 saturated heterocycles. The lowest BCUT2D eigenvalue weighted by atomic mass is 10.2. The molecule has 5 heteroatoms. The van der Waals surface area contributed by atoms with Gasteiger partial charge in [0.2, 0.25) is 0 Å². The number of imidazole rings is 1. The van der Waals surface area contributed by atoms with Crippen LogP contribution < -0.4 is 4.74 Å². The Morgan fingerprint density at radius 2 is 2.19 bits per heavy atom. The van der Waals surface area contributed by atoms with Gasteiger partial charge in [-0.3, -0.25) is 4.90 Å². The van der Waals surface area contributed by atoms with Gasteiger partial charge in [0.25, 0.3) is 0 Å². The molecule has 0 unspecified atom stereocenters. The van der Waals surface area contributed by atoms with Gasteiger partial charge in [0.1, 0.15) is 12.4 Å². The van der Waals surface area contributed by atoms with Crippen molar-refractivity contribution in [3.63, 3.8) is 0 Å². The number of halogens is 1. The third kappa shape index (κ3) is 4.48. The van der Waals surface area contributed by atoms with Gasteiger partial charge in [0.05, 0.1) is 17.0 Å². The quantitative estimate of drug-likeness (QED) is 0.785. The largest absolute Gasteiger partial charge is 0.491 e. The number of rotatable bonds is 7. The second-order valence-electron chi connectivity index (χ2n) is 5.19. The third-order valence-electron chi connectivity index (χ3n) is 3.39. The summed E-state index contributed by atoms with van der Waals surface area (Å²) in [5.74, 6) is 0.745. The van der Waals surface area contributed by atoms with Crippen molar-refractivity contribution in [2.45, 2.75) is 26.9 Å². The van der Waals surface area contributed by atoms with Crippen molar-refractivity contribution >= 4 is 11.6 Å². The number of likely N-dealkylation sites (N-methyl/N-ethyl adjacent to an activating group) is 1. The Kier molecular flexibility index (Phi) is 5.65. The minimum Gasteiger partial charge on any atom is -0.491 e. The van der Waals surface area contributed by atoms with Crippen LogP contribution in [0.5, 0.6) is 5.75 Å². The van der Waals surface area contributed by atoms with Gasteiger partial charge in [-0.05, 0) is 38.6 Å². The van der Waals surface area contributed by atoms with Crippen LogP contribution in [-0.4, -0.2) is 34.7 Å².